The highest BCUT2D eigenvalue weighted by Crippen LogP contribution is 2.36. The molecule has 0 spiro atoms. The van der Waals surface area contributed by atoms with Crippen LogP contribution < -0.4 is 21.1 Å². The Labute approximate surface area is 244 Å². The topological polar surface area (TPSA) is 84.2 Å². The molecule has 0 fully saturated rings. The Morgan fingerprint density at radius 1 is 1.00 bits per heavy atom. The summed E-state index contributed by atoms with van der Waals surface area (Å²) in [4.78, 5) is 33.4. The summed E-state index contributed by atoms with van der Waals surface area (Å²) in [6.45, 7) is 4.92. The third-order valence-corrected chi connectivity index (χ3v) is 8.96. The standard InChI is InChI=1S/C33H35FN6O2/c1-3-25-26(27-19-38(2)33(42)31(37-27)36-24-9-8-22-18-35-11-10-20(22)14-24)16-23(34)17-29(25)40-13-12-39-28-7-5-4-6-21(28)15-30(39)32(40)41/h8-9,14-17,19,35H,3-7,10-13,18H2,1-2H3,(H,36,37). The lowest BCUT2D eigenvalue weighted by Crippen LogP contribution is -2.41. The van der Waals surface area contributed by atoms with Crippen LogP contribution in [0.2, 0.25) is 0 Å². The number of hydrogen-bond donors (Lipinski definition) is 2. The van der Waals surface area contributed by atoms with E-state index in [0.717, 1.165) is 56.4 Å². The molecule has 2 aromatic heterocycles. The monoisotopic (exact) mass is 566 g/mol. The van der Waals surface area contributed by atoms with Crippen molar-refractivity contribution in [3.63, 3.8) is 0 Å². The van der Waals surface area contributed by atoms with E-state index in [1.165, 1.54) is 39.1 Å². The van der Waals surface area contributed by atoms with Crippen molar-refractivity contribution >= 4 is 23.1 Å². The summed E-state index contributed by atoms with van der Waals surface area (Å²) in [6, 6.07) is 11.0. The first kappa shape index (κ1) is 26.6. The number of amides is 1. The van der Waals surface area contributed by atoms with Gasteiger partial charge < -0.3 is 24.7 Å². The van der Waals surface area contributed by atoms with Crippen molar-refractivity contribution in [1.82, 2.24) is 19.4 Å². The molecule has 4 aromatic rings. The largest absolute Gasteiger partial charge is 0.339 e. The highest BCUT2D eigenvalue weighted by Gasteiger charge is 2.32. The van der Waals surface area contributed by atoms with Gasteiger partial charge >= 0.3 is 0 Å². The summed E-state index contributed by atoms with van der Waals surface area (Å²) in [7, 11) is 1.67. The van der Waals surface area contributed by atoms with Crippen molar-refractivity contribution in [3.8, 4) is 11.3 Å². The summed E-state index contributed by atoms with van der Waals surface area (Å²) >= 11 is 0. The number of benzene rings is 2. The zero-order chi connectivity index (χ0) is 29.0. The van der Waals surface area contributed by atoms with Gasteiger partial charge in [-0.25, -0.2) is 9.37 Å². The van der Waals surface area contributed by atoms with Gasteiger partial charge in [0.05, 0.1) is 11.4 Å². The van der Waals surface area contributed by atoms with Gasteiger partial charge in [0.25, 0.3) is 11.5 Å². The number of rotatable bonds is 5. The Balaban J connectivity index is 1.27. The third kappa shape index (κ3) is 4.52. The van der Waals surface area contributed by atoms with Crippen LogP contribution in [-0.4, -0.2) is 33.1 Å². The van der Waals surface area contributed by atoms with Gasteiger partial charge in [-0.1, -0.05) is 13.0 Å². The summed E-state index contributed by atoms with van der Waals surface area (Å²) in [5.41, 5.74) is 8.70. The Morgan fingerprint density at radius 3 is 2.71 bits per heavy atom. The molecule has 1 aliphatic carbocycles. The number of halogens is 1. The molecule has 2 N–H and O–H groups in total. The lowest BCUT2D eigenvalue weighted by Gasteiger charge is -2.32. The minimum Gasteiger partial charge on any atom is -0.339 e. The molecule has 0 radical (unpaired) electrons. The Morgan fingerprint density at radius 2 is 1.86 bits per heavy atom. The van der Waals surface area contributed by atoms with Crippen LogP contribution >= 0.6 is 0 Å². The second-order valence-corrected chi connectivity index (χ2v) is 11.5. The molecular formula is C33H35FN6O2. The number of anilines is 3. The maximum Gasteiger partial charge on any atom is 0.293 e. The zero-order valence-electron chi connectivity index (χ0n) is 24.1. The summed E-state index contributed by atoms with van der Waals surface area (Å²) in [6.07, 6.45) is 7.43. The molecular weight excluding hydrogens is 531 g/mol. The van der Waals surface area contributed by atoms with Crippen LogP contribution in [0.3, 0.4) is 0 Å². The molecule has 8 nitrogen and oxygen atoms in total. The maximum absolute atomic E-state index is 15.3. The molecule has 0 bridgehead atoms. The average Bonchev–Trinajstić information content (AvgIpc) is 3.39. The number of hydrogen-bond acceptors (Lipinski definition) is 5. The van der Waals surface area contributed by atoms with E-state index < -0.39 is 5.82 Å². The number of carbonyl (C=O) groups is 1. The zero-order valence-corrected chi connectivity index (χ0v) is 24.1. The second kappa shape index (κ2) is 10.5. The van der Waals surface area contributed by atoms with Crippen molar-refractivity contribution in [2.45, 2.75) is 58.5 Å². The van der Waals surface area contributed by atoms with Gasteiger partial charge in [0.15, 0.2) is 5.82 Å². The number of nitrogens with one attached hydrogen (secondary N) is 2. The highest BCUT2D eigenvalue weighted by atomic mass is 19.1. The fraction of sp³-hybridized carbons (Fsp3) is 0.364. The van der Waals surface area contributed by atoms with Crippen LogP contribution in [0.5, 0.6) is 0 Å². The minimum atomic E-state index is -0.446. The van der Waals surface area contributed by atoms with Crippen molar-refractivity contribution in [2.24, 2.45) is 7.05 Å². The van der Waals surface area contributed by atoms with E-state index in [1.54, 1.807) is 18.1 Å². The molecule has 7 rings (SSSR count). The Kier molecular flexibility index (Phi) is 6.69. The summed E-state index contributed by atoms with van der Waals surface area (Å²) in [5, 5.41) is 6.59. The number of aryl methyl sites for hydroxylation is 2. The molecule has 2 aromatic carbocycles. The van der Waals surface area contributed by atoms with Crippen LogP contribution in [0, 0.1) is 5.82 Å². The molecule has 0 unspecified atom stereocenters. The first-order valence-corrected chi connectivity index (χ1v) is 14.9. The number of fused-ring (bicyclic) bond motifs is 4. The van der Waals surface area contributed by atoms with E-state index >= 15 is 4.39 Å². The molecule has 0 atom stereocenters. The van der Waals surface area contributed by atoms with Gasteiger partial charge in [0, 0.05) is 49.8 Å². The van der Waals surface area contributed by atoms with Crippen molar-refractivity contribution < 1.29 is 9.18 Å². The van der Waals surface area contributed by atoms with E-state index in [1.807, 2.05) is 19.1 Å². The van der Waals surface area contributed by atoms with Gasteiger partial charge in [-0.05, 0) is 97.7 Å². The Hall–Kier alpha value is -4.24. The van der Waals surface area contributed by atoms with Gasteiger partial charge in [-0.2, -0.15) is 0 Å². The minimum absolute atomic E-state index is 0.0970. The normalized spacial score (nSPS) is 16.2. The quantitative estimate of drug-likeness (QED) is 0.360. The van der Waals surface area contributed by atoms with Crippen molar-refractivity contribution in [2.75, 3.05) is 23.3 Å². The van der Waals surface area contributed by atoms with Gasteiger partial charge in [-0.15, -0.1) is 0 Å². The maximum atomic E-state index is 15.3. The van der Waals surface area contributed by atoms with E-state index in [2.05, 4.69) is 27.3 Å². The first-order valence-electron chi connectivity index (χ1n) is 14.9. The fourth-order valence-electron chi connectivity index (χ4n) is 6.84. The highest BCUT2D eigenvalue weighted by molar-refractivity contribution is 6.07. The summed E-state index contributed by atoms with van der Waals surface area (Å²) < 4.78 is 19.0. The van der Waals surface area contributed by atoms with E-state index in [4.69, 9.17) is 4.98 Å². The molecule has 1 amide bonds. The molecule has 0 saturated carbocycles. The predicted molar refractivity (Wildman–Crippen MR) is 162 cm³/mol. The second-order valence-electron chi connectivity index (χ2n) is 11.5. The van der Waals surface area contributed by atoms with Crippen molar-refractivity contribution in [3.05, 3.63) is 92.4 Å². The smallest absolute Gasteiger partial charge is 0.293 e. The van der Waals surface area contributed by atoms with Crippen molar-refractivity contribution in [1.29, 1.82) is 0 Å². The van der Waals surface area contributed by atoms with Crippen LogP contribution in [-0.2, 0) is 45.8 Å². The van der Waals surface area contributed by atoms with Gasteiger partial charge in [-0.3, -0.25) is 9.59 Å². The molecule has 9 heteroatoms. The first-order chi connectivity index (χ1) is 20.4. The van der Waals surface area contributed by atoms with E-state index in [9.17, 15) is 9.59 Å². The predicted octanol–water partition coefficient (Wildman–Crippen LogP) is 4.88. The SMILES string of the molecule is CCc1c(-c2cn(C)c(=O)c(Nc3ccc4c(c3)CCNC4)n2)cc(F)cc1N1CCn2c(cc3c2CCCC3)C1=O. The molecule has 3 aliphatic rings. The number of carbonyl (C=O) groups excluding carboxylic acids is 1. The van der Waals surface area contributed by atoms with Crippen LogP contribution in [0.4, 0.5) is 21.6 Å². The van der Waals surface area contributed by atoms with Crippen LogP contribution in [0.1, 0.15) is 58.2 Å². The lowest BCUT2D eigenvalue weighted by atomic mass is 9.98. The molecule has 42 heavy (non-hydrogen) atoms. The summed E-state index contributed by atoms with van der Waals surface area (Å²) in [5.74, 6) is -0.367. The molecule has 0 saturated heterocycles. The van der Waals surface area contributed by atoms with Gasteiger partial charge in [0.2, 0.25) is 0 Å². The van der Waals surface area contributed by atoms with Crippen LogP contribution in [0.25, 0.3) is 11.3 Å². The fourth-order valence-corrected chi connectivity index (χ4v) is 6.84. The number of aromatic nitrogens is 3. The van der Waals surface area contributed by atoms with Crippen LogP contribution in [0.15, 0.2) is 47.4 Å². The van der Waals surface area contributed by atoms with E-state index in [0.29, 0.717) is 42.1 Å². The van der Waals surface area contributed by atoms with E-state index in [-0.39, 0.29) is 17.3 Å². The average molecular weight is 567 g/mol. The molecule has 216 valence electrons. The third-order valence-electron chi connectivity index (χ3n) is 8.96. The molecule has 4 heterocycles. The molecule has 2 aliphatic heterocycles. The van der Waals surface area contributed by atoms with Gasteiger partial charge in [0.1, 0.15) is 11.5 Å². The Bertz CT molecular complexity index is 1790. The number of nitrogens with zero attached hydrogens (tertiary/aromatic N) is 4. The lowest BCUT2D eigenvalue weighted by molar-refractivity contribution is 0.0964.